The van der Waals surface area contributed by atoms with Crippen molar-refractivity contribution >= 4 is 46.3 Å². The van der Waals surface area contributed by atoms with Crippen LogP contribution in [-0.4, -0.2) is 16.6 Å². The number of thioether (sulfide) groups is 1. The van der Waals surface area contributed by atoms with Gasteiger partial charge in [0.05, 0.1) is 5.75 Å². The number of halogens is 1. The molecule has 0 saturated carbocycles. The summed E-state index contributed by atoms with van der Waals surface area (Å²) in [5.41, 5.74) is 3.44. The van der Waals surface area contributed by atoms with Crippen molar-refractivity contribution in [1.82, 2.24) is 0 Å². The zero-order chi connectivity index (χ0) is 19.9. The molecule has 0 spiro atoms. The summed E-state index contributed by atoms with van der Waals surface area (Å²) in [5.74, 6) is -0.112. The number of carbonyl (C=O) groups excluding carboxylic acids is 1. The van der Waals surface area contributed by atoms with Crippen molar-refractivity contribution in [2.24, 2.45) is 0 Å². The van der Waals surface area contributed by atoms with Gasteiger partial charge < -0.3 is 10.6 Å². The lowest BCUT2D eigenvalue weighted by Gasteiger charge is -2.11. The number of ketones is 1. The van der Waals surface area contributed by atoms with Gasteiger partial charge in [-0.1, -0.05) is 23.8 Å². The number of carbonyl (C=O) groups is 1. The Morgan fingerprint density at radius 3 is 2.36 bits per heavy atom. The number of Topliss-reactive ketones (excluding diaryl/α,β-unsaturated/α-hetero) is 1. The lowest BCUT2D eigenvalue weighted by atomic mass is 10.1. The molecule has 0 atom stereocenters. The predicted molar refractivity (Wildman–Crippen MR) is 119 cm³/mol. The smallest absolute Gasteiger partial charge is 0.175 e. The Bertz CT molecular complexity index is 973. The number of thiocarbonyl (C=S) groups is 1. The van der Waals surface area contributed by atoms with Crippen molar-refractivity contribution in [2.45, 2.75) is 11.8 Å². The van der Waals surface area contributed by atoms with Crippen LogP contribution in [0.25, 0.3) is 0 Å². The maximum Gasteiger partial charge on any atom is 0.175 e. The molecular formula is C22H19FN2OS2. The molecule has 0 aliphatic carbocycles. The summed E-state index contributed by atoms with van der Waals surface area (Å²) >= 11 is 6.79. The van der Waals surface area contributed by atoms with E-state index in [9.17, 15) is 9.18 Å². The standard InChI is InChI=1S/C22H19FN2OS2/c1-15-5-11-18(12-6-15)24-22(27)25-19-3-2-4-20(13-19)28-14-21(26)16-7-9-17(23)10-8-16/h2-13H,14H2,1H3,(H2,24,25,27). The number of benzene rings is 3. The molecular weight excluding hydrogens is 391 g/mol. The Labute approximate surface area is 173 Å². The summed E-state index contributed by atoms with van der Waals surface area (Å²) in [6, 6.07) is 21.3. The largest absolute Gasteiger partial charge is 0.332 e. The van der Waals surface area contributed by atoms with Crippen LogP contribution in [0.15, 0.2) is 77.7 Å². The molecule has 142 valence electrons. The fourth-order valence-electron chi connectivity index (χ4n) is 2.46. The highest BCUT2D eigenvalue weighted by molar-refractivity contribution is 8.00. The summed E-state index contributed by atoms with van der Waals surface area (Å²) in [4.78, 5) is 13.2. The molecule has 3 aromatic carbocycles. The lowest BCUT2D eigenvalue weighted by Crippen LogP contribution is -2.18. The molecule has 3 rings (SSSR count). The number of nitrogens with one attached hydrogen (secondary N) is 2. The zero-order valence-corrected chi connectivity index (χ0v) is 16.9. The van der Waals surface area contributed by atoms with Crippen LogP contribution in [0.1, 0.15) is 15.9 Å². The average Bonchev–Trinajstić information content (AvgIpc) is 2.69. The van der Waals surface area contributed by atoms with E-state index in [0.29, 0.717) is 10.7 Å². The Kier molecular flexibility index (Phi) is 6.79. The minimum atomic E-state index is -0.349. The first-order valence-electron chi connectivity index (χ1n) is 8.66. The minimum absolute atomic E-state index is 0.0417. The fraction of sp³-hybridized carbons (Fsp3) is 0.0909. The molecule has 0 radical (unpaired) electrons. The van der Waals surface area contributed by atoms with Crippen LogP contribution in [-0.2, 0) is 0 Å². The van der Waals surface area contributed by atoms with Gasteiger partial charge in [-0.3, -0.25) is 4.79 Å². The van der Waals surface area contributed by atoms with Crippen molar-refractivity contribution < 1.29 is 9.18 Å². The van der Waals surface area contributed by atoms with Crippen LogP contribution in [0.4, 0.5) is 15.8 Å². The average molecular weight is 411 g/mol. The van der Waals surface area contributed by atoms with E-state index in [1.165, 1.54) is 41.6 Å². The minimum Gasteiger partial charge on any atom is -0.332 e. The number of hydrogen-bond acceptors (Lipinski definition) is 3. The normalized spacial score (nSPS) is 10.4. The first-order chi connectivity index (χ1) is 13.5. The van der Waals surface area contributed by atoms with Crippen molar-refractivity contribution in [3.8, 4) is 0 Å². The van der Waals surface area contributed by atoms with Crippen LogP contribution in [0.2, 0.25) is 0 Å². The third-order valence-corrected chi connectivity index (χ3v) is 5.14. The van der Waals surface area contributed by atoms with Crippen LogP contribution in [0, 0.1) is 12.7 Å². The Morgan fingerprint density at radius 2 is 1.64 bits per heavy atom. The molecule has 2 N–H and O–H groups in total. The third-order valence-electron chi connectivity index (χ3n) is 3.94. The first kappa shape index (κ1) is 20.0. The summed E-state index contributed by atoms with van der Waals surface area (Å²) in [6.07, 6.45) is 0. The van der Waals surface area contributed by atoms with E-state index in [4.69, 9.17) is 12.2 Å². The molecule has 0 heterocycles. The maximum absolute atomic E-state index is 13.0. The molecule has 0 amide bonds. The molecule has 0 fully saturated rings. The molecule has 0 aliphatic rings. The van der Waals surface area contributed by atoms with Crippen molar-refractivity contribution in [3.05, 3.63) is 89.7 Å². The molecule has 3 aromatic rings. The molecule has 0 aromatic heterocycles. The van der Waals surface area contributed by atoms with E-state index in [0.717, 1.165) is 16.3 Å². The van der Waals surface area contributed by atoms with Gasteiger partial charge in [0, 0.05) is 21.8 Å². The molecule has 28 heavy (non-hydrogen) atoms. The number of aryl methyl sites for hydroxylation is 1. The third kappa shape index (κ3) is 5.90. The molecule has 0 saturated heterocycles. The Morgan fingerprint density at radius 1 is 0.964 bits per heavy atom. The van der Waals surface area contributed by atoms with Crippen LogP contribution >= 0.6 is 24.0 Å². The summed E-state index contributed by atoms with van der Waals surface area (Å²) in [6.45, 7) is 2.03. The van der Waals surface area contributed by atoms with Crippen LogP contribution < -0.4 is 10.6 Å². The molecule has 0 aliphatic heterocycles. The van der Waals surface area contributed by atoms with Crippen LogP contribution in [0.3, 0.4) is 0 Å². The SMILES string of the molecule is Cc1ccc(NC(=S)Nc2cccc(SCC(=O)c3ccc(F)cc3)c2)cc1. The van der Waals surface area contributed by atoms with Gasteiger partial charge in [0.15, 0.2) is 10.9 Å². The van der Waals surface area contributed by atoms with Crippen LogP contribution in [0.5, 0.6) is 0 Å². The highest BCUT2D eigenvalue weighted by atomic mass is 32.2. The molecule has 0 unspecified atom stereocenters. The molecule has 0 bridgehead atoms. The Balaban J connectivity index is 1.55. The zero-order valence-electron chi connectivity index (χ0n) is 15.2. The van der Waals surface area contributed by atoms with E-state index in [1.807, 2.05) is 55.5 Å². The second-order valence-corrected chi connectivity index (χ2v) is 7.65. The number of hydrogen-bond donors (Lipinski definition) is 2. The van der Waals surface area contributed by atoms with Gasteiger partial charge in [0.1, 0.15) is 5.82 Å². The van der Waals surface area contributed by atoms with Gasteiger partial charge in [-0.2, -0.15) is 0 Å². The monoisotopic (exact) mass is 410 g/mol. The fourth-order valence-corrected chi connectivity index (χ4v) is 3.55. The second-order valence-electron chi connectivity index (χ2n) is 6.19. The second kappa shape index (κ2) is 9.48. The van der Waals surface area contributed by atoms with E-state index >= 15 is 0 Å². The van der Waals surface area contributed by atoms with Gasteiger partial charge in [-0.05, 0) is 73.7 Å². The summed E-state index contributed by atoms with van der Waals surface area (Å²) < 4.78 is 13.0. The summed E-state index contributed by atoms with van der Waals surface area (Å²) in [7, 11) is 0. The van der Waals surface area contributed by atoms with E-state index in [1.54, 1.807) is 0 Å². The van der Waals surface area contributed by atoms with Crippen molar-refractivity contribution in [3.63, 3.8) is 0 Å². The van der Waals surface area contributed by atoms with Gasteiger partial charge in [-0.15, -0.1) is 11.8 Å². The highest BCUT2D eigenvalue weighted by Gasteiger charge is 2.08. The maximum atomic E-state index is 13.0. The topological polar surface area (TPSA) is 41.1 Å². The predicted octanol–water partition coefficient (Wildman–Crippen LogP) is 5.92. The Hall–Kier alpha value is -2.70. The van der Waals surface area contributed by atoms with Gasteiger partial charge in [0.2, 0.25) is 0 Å². The van der Waals surface area contributed by atoms with Crippen molar-refractivity contribution in [1.29, 1.82) is 0 Å². The van der Waals surface area contributed by atoms with Gasteiger partial charge >= 0.3 is 0 Å². The number of rotatable bonds is 6. The summed E-state index contributed by atoms with van der Waals surface area (Å²) in [5, 5.41) is 6.79. The molecule has 6 heteroatoms. The quantitative estimate of drug-likeness (QED) is 0.300. The highest BCUT2D eigenvalue weighted by Crippen LogP contribution is 2.23. The number of anilines is 2. The van der Waals surface area contributed by atoms with E-state index in [-0.39, 0.29) is 17.4 Å². The lowest BCUT2D eigenvalue weighted by molar-refractivity contribution is 0.102. The first-order valence-corrected chi connectivity index (χ1v) is 10.1. The van der Waals surface area contributed by atoms with E-state index < -0.39 is 0 Å². The van der Waals surface area contributed by atoms with Gasteiger partial charge in [-0.25, -0.2) is 4.39 Å². The van der Waals surface area contributed by atoms with Gasteiger partial charge in [0.25, 0.3) is 0 Å². The molecule has 3 nitrogen and oxygen atoms in total. The van der Waals surface area contributed by atoms with Crippen molar-refractivity contribution in [2.75, 3.05) is 16.4 Å². The van der Waals surface area contributed by atoms with E-state index in [2.05, 4.69) is 10.6 Å².